The third-order valence-corrected chi connectivity index (χ3v) is 4.34. The van der Waals surface area contributed by atoms with E-state index in [0.717, 1.165) is 16.0 Å². The summed E-state index contributed by atoms with van der Waals surface area (Å²) in [6.45, 7) is 3.60. The Labute approximate surface area is 129 Å². The second kappa shape index (κ2) is 5.46. The van der Waals surface area contributed by atoms with Crippen LogP contribution in [0.3, 0.4) is 0 Å². The lowest BCUT2D eigenvalue weighted by Gasteiger charge is -2.08. The van der Waals surface area contributed by atoms with E-state index in [1.54, 1.807) is 18.5 Å². The van der Waals surface area contributed by atoms with E-state index in [2.05, 4.69) is 15.5 Å². The number of carbonyl (C=O) groups excluding carboxylic acids is 1. The summed E-state index contributed by atoms with van der Waals surface area (Å²) in [6.07, 6.45) is 0.192. The van der Waals surface area contributed by atoms with Crippen LogP contribution in [-0.4, -0.2) is 16.0 Å². The lowest BCUT2D eigenvalue weighted by atomic mass is 10.1. The zero-order chi connectivity index (χ0) is 15.0. The highest BCUT2D eigenvalue weighted by molar-refractivity contribution is 7.16. The van der Waals surface area contributed by atoms with E-state index in [4.69, 9.17) is 16.1 Å². The number of aryl methyl sites for hydroxylation is 2. The Morgan fingerprint density at radius 1 is 1.43 bits per heavy atom. The summed E-state index contributed by atoms with van der Waals surface area (Å²) in [5, 5.41) is 7.15. The van der Waals surface area contributed by atoms with Crippen molar-refractivity contribution in [2.75, 3.05) is 5.32 Å². The van der Waals surface area contributed by atoms with Crippen molar-refractivity contribution in [2.24, 2.45) is 0 Å². The number of hydrogen-bond acceptors (Lipinski definition) is 5. The van der Waals surface area contributed by atoms with Crippen molar-refractivity contribution < 1.29 is 9.32 Å². The maximum atomic E-state index is 12.2. The summed E-state index contributed by atoms with van der Waals surface area (Å²) in [6, 6.07) is 3.65. The molecule has 0 saturated carbocycles. The molecule has 0 fully saturated rings. The first kappa shape index (κ1) is 14.0. The minimum absolute atomic E-state index is 0.174. The standard InChI is InChI=1S/C14H12ClN3O2S/c1-7-9(8(2)20-18-7)5-12(19)17-13-10(15)3-4-11-14(13)16-6-21-11/h3-4,6H,5H2,1-2H3,(H,17,19). The molecule has 0 unspecified atom stereocenters. The molecule has 7 heteroatoms. The summed E-state index contributed by atoms with van der Waals surface area (Å²) in [5.41, 5.74) is 4.51. The van der Waals surface area contributed by atoms with E-state index in [0.29, 0.717) is 22.0 Å². The number of thiazole rings is 1. The van der Waals surface area contributed by atoms with Crippen LogP contribution < -0.4 is 5.32 Å². The number of nitrogens with zero attached hydrogens (tertiary/aromatic N) is 2. The monoisotopic (exact) mass is 321 g/mol. The quantitative estimate of drug-likeness (QED) is 0.798. The van der Waals surface area contributed by atoms with Crippen molar-refractivity contribution in [1.82, 2.24) is 10.1 Å². The van der Waals surface area contributed by atoms with Crippen molar-refractivity contribution >= 4 is 44.7 Å². The summed E-state index contributed by atoms with van der Waals surface area (Å²) in [5.74, 6) is 0.479. The molecule has 1 N–H and O–H groups in total. The second-order valence-electron chi connectivity index (χ2n) is 4.65. The molecular formula is C14H12ClN3O2S. The van der Waals surface area contributed by atoms with Crippen LogP contribution in [0.25, 0.3) is 10.2 Å². The van der Waals surface area contributed by atoms with Crippen LogP contribution >= 0.6 is 22.9 Å². The summed E-state index contributed by atoms with van der Waals surface area (Å²) in [7, 11) is 0. The second-order valence-corrected chi connectivity index (χ2v) is 5.94. The number of fused-ring (bicyclic) bond motifs is 1. The highest BCUT2D eigenvalue weighted by Crippen LogP contribution is 2.32. The van der Waals surface area contributed by atoms with E-state index in [1.165, 1.54) is 11.3 Å². The molecule has 1 aromatic carbocycles. The topological polar surface area (TPSA) is 68.0 Å². The predicted octanol–water partition coefficient (Wildman–Crippen LogP) is 3.74. The van der Waals surface area contributed by atoms with E-state index >= 15 is 0 Å². The molecule has 3 rings (SSSR count). The van der Waals surface area contributed by atoms with E-state index in [9.17, 15) is 4.79 Å². The van der Waals surface area contributed by atoms with Crippen LogP contribution in [0.1, 0.15) is 17.0 Å². The highest BCUT2D eigenvalue weighted by Gasteiger charge is 2.16. The maximum absolute atomic E-state index is 12.2. The van der Waals surface area contributed by atoms with Crippen LogP contribution in [0.5, 0.6) is 0 Å². The van der Waals surface area contributed by atoms with Crippen LogP contribution in [0, 0.1) is 13.8 Å². The van der Waals surface area contributed by atoms with Gasteiger partial charge in [0.2, 0.25) is 5.91 Å². The molecule has 21 heavy (non-hydrogen) atoms. The number of benzene rings is 1. The fourth-order valence-electron chi connectivity index (χ4n) is 2.12. The Bertz CT molecular complexity index is 805. The minimum atomic E-state index is -0.174. The molecular weight excluding hydrogens is 310 g/mol. The predicted molar refractivity (Wildman–Crippen MR) is 82.9 cm³/mol. The Hall–Kier alpha value is -1.92. The number of amides is 1. The Balaban J connectivity index is 1.87. The van der Waals surface area contributed by atoms with Gasteiger partial charge in [-0.25, -0.2) is 4.98 Å². The molecule has 0 aliphatic heterocycles. The summed E-state index contributed by atoms with van der Waals surface area (Å²) >= 11 is 7.67. The van der Waals surface area contributed by atoms with Gasteiger partial charge < -0.3 is 9.84 Å². The average Bonchev–Trinajstić information content (AvgIpc) is 3.04. The molecule has 2 aromatic heterocycles. The highest BCUT2D eigenvalue weighted by atomic mass is 35.5. The van der Waals surface area contributed by atoms with Crippen molar-refractivity contribution in [1.29, 1.82) is 0 Å². The summed E-state index contributed by atoms with van der Waals surface area (Å²) in [4.78, 5) is 16.5. The largest absolute Gasteiger partial charge is 0.361 e. The van der Waals surface area contributed by atoms with Gasteiger partial charge in [0.05, 0.1) is 33.0 Å². The minimum Gasteiger partial charge on any atom is -0.361 e. The fraction of sp³-hybridized carbons (Fsp3) is 0.214. The van der Waals surface area contributed by atoms with Crippen LogP contribution in [0.4, 0.5) is 5.69 Å². The number of nitrogens with one attached hydrogen (secondary N) is 1. The Kier molecular flexibility index (Phi) is 3.65. The molecule has 0 aliphatic rings. The van der Waals surface area contributed by atoms with Gasteiger partial charge in [-0.2, -0.15) is 0 Å². The lowest BCUT2D eigenvalue weighted by Crippen LogP contribution is -2.15. The van der Waals surface area contributed by atoms with Crippen LogP contribution in [0.15, 0.2) is 22.2 Å². The van der Waals surface area contributed by atoms with Crippen LogP contribution in [0.2, 0.25) is 5.02 Å². The van der Waals surface area contributed by atoms with Gasteiger partial charge in [-0.15, -0.1) is 11.3 Å². The van der Waals surface area contributed by atoms with Gasteiger partial charge in [0.25, 0.3) is 0 Å². The van der Waals surface area contributed by atoms with Gasteiger partial charge in [-0.3, -0.25) is 4.79 Å². The van der Waals surface area contributed by atoms with E-state index in [1.807, 2.05) is 13.0 Å². The third kappa shape index (κ3) is 2.64. The smallest absolute Gasteiger partial charge is 0.229 e. The lowest BCUT2D eigenvalue weighted by molar-refractivity contribution is -0.115. The summed E-state index contributed by atoms with van der Waals surface area (Å²) < 4.78 is 6.04. The van der Waals surface area contributed by atoms with Crippen LogP contribution in [-0.2, 0) is 11.2 Å². The van der Waals surface area contributed by atoms with Crippen molar-refractivity contribution in [3.8, 4) is 0 Å². The Morgan fingerprint density at radius 2 is 2.24 bits per heavy atom. The zero-order valence-electron chi connectivity index (χ0n) is 11.4. The number of halogens is 1. The van der Waals surface area contributed by atoms with Gasteiger partial charge in [0.15, 0.2) is 0 Å². The molecule has 2 heterocycles. The molecule has 0 bridgehead atoms. The normalized spacial score (nSPS) is 11.0. The van der Waals surface area contributed by atoms with Crippen molar-refractivity contribution in [3.63, 3.8) is 0 Å². The number of anilines is 1. The molecule has 0 spiro atoms. The van der Waals surface area contributed by atoms with Gasteiger partial charge in [0, 0.05) is 5.56 Å². The molecule has 0 radical (unpaired) electrons. The van der Waals surface area contributed by atoms with E-state index < -0.39 is 0 Å². The molecule has 0 atom stereocenters. The first-order valence-corrected chi connectivity index (χ1v) is 7.55. The van der Waals surface area contributed by atoms with Gasteiger partial charge in [-0.05, 0) is 26.0 Å². The molecule has 0 aliphatic carbocycles. The number of rotatable bonds is 3. The van der Waals surface area contributed by atoms with E-state index in [-0.39, 0.29) is 12.3 Å². The van der Waals surface area contributed by atoms with Gasteiger partial charge >= 0.3 is 0 Å². The van der Waals surface area contributed by atoms with Crippen molar-refractivity contribution in [2.45, 2.75) is 20.3 Å². The fourth-order valence-corrected chi connectivity index (χ4v) is 3.01. The zero-order valence-corrected chi connectivity index (χ0v) is 13.0. The number of carbonyl (C=O) groups is 1. The molecule has 3 aromatic rings. The third-order valence-electron chi connectivity index (χ3n) is 3.23. The van der Waals surface area contributed by atoms with Gasteiger partial charge in [-0.1, -0.05) is 16.8 Å². The van der Waals surface area contributed by atoms with Crippen molar-refractivity contribution in [3.05, 3.63) is 39.7 Å². The first-order chi connectivity index (χ1) is 10.1. The molecule has 5 nitrogen and oxygen atoms in total. The molecule has 108 valence electrons. The van der Waals surface area contributed by atoms with Gasteiger partial charge in [0.1, 0.15) is 11.3 Å². The SMILES string of the molecule is Cc1noc(C)c1CC(=O)Nc1c(Cl)ccc2scnc12. The first-order valence-electron chi connectivity index (χ1n) is 6.29. The molecule has 0 saturated heterocycles. The average molecular weight is 322 g/mol. The maximum Gasteiger partial charge on any atom is 0.229 e. The number of hydrogen-bond donors (Lipinski definition) is 1. The Morgan fingerprint density at radius 3 is 2.95 bits per heavy atom. The number of aromatic nitrogens is 2. The molecule has 1 amide bonds.